The van der Waals surface area contributed by atoms with Crippen LogP contribution in [0.15, 0.2) is 83.4 Å². The maximum Gasteiger partial charge on any atom is 0.273 e. The van der Waals surface area contributed by atoms with Crippen LogP contribution in [0.5, 0.6) is 11.5 Å². The van der Waals surface area contributed by atoms with Crippen molar-refractivity contribution in [3.8, 4) is 11.5 Å². The third-order valence-corrected chi connectivity index (χ3v) is 9.42. The number of nitrogens with zero attached hydrogens (tertiary/aromatic N) is 1. The monoisotopic (exact) mass is 538 g/mol. The second-order valence-corrected chi connectivity index (χ2v) is 11.6. The summed E-state index contributed by atoms with van der Waals surface area (Å²) in [5.41, 5.74) is 1.73. The molecule has 0 amide bonds. The summed E-state index contributed by atoms with van der Waals surface area (Å²) in [6.07, 6.45) is 6.33. The van der Waals surface area contributed by atoms with Crippen LogP contribution >= 0.6 is 0 Å². The molecule has 4 aromatic rings. The summed E-state index contributed by atoms with van der Waals surface area (Å²) in [5, 5.41) is 10.2. The van der Waals surface area contributed by atoms with Crippen LogP contribution in [0, 0.1) is 11.6 Å². The van der Waals surface area contributed by atoms with Crippen molar-refractivity contribution < 1.29 is 27.0 Å². The van der Waals surface area contributed by atoms with Gasteiger partial charge >= 0.3 is 0 Å². The number of aromatic nitrogens is 2. The first kappa shape index (κ1) is 25.6. The number of halogens is 2. The molecule has 0 spiro atoms. The number of rotatable bonds is 6. The Morgan fingerprint density at radius 2 is 1.87 bits per heavy atom. The molecule has 196 valence electrons. The molecular formula is C28H24F2N2O5S. The number of allylic oxidation sites excluding steroid dienone is 3. The lowest BCUT2D eigenvalue weighted by molar-refractivity contribution is 0.281. The van der Waals surface area contributed by atoms with Crippen molar-refractivity contribution in [3.05, 3.63) is 112 Å². The number of fused-ring (bicyclic) bond motifs is 1. The van der Waals surface area contributed by atoms with E-state index in [-0.39, 0.29) is 30.0 Å². The van der Waals surface area contributed by atoms with Gasteiger partial charge in [-0.1, -0.05) is 18.2 Å². The number of H-pyrrole nitrogens is 1. The maximum atomic E-state index is 14.3. The summed E-state index contributed by atoms with van der Waals surface area (Å²) < 4.78 is 60.8. The molecule has 1 unspecified atom stereocenters. The van der Waals surface area contributed by atoms with Crippen molar-refractivity contribution in [2.45, 2.75) is 31.6 Å². The molecule has 1 atom stereocenters. The van der Waals surface area contributed by atoms with Gasteiger partial charge in [-0.2, -0.15) is 0 Å². The van der Waals surface area contributed by atoms with Gasteiger partial charge in [-0.3, -0.25) is 4.79 Å². The number of hydrogen-bond acceptors (Lipinski definition) is 5. The van der Waals surface area contributed by atoms with E-state index in [1.807, 2.05) is 0 Å². The van der Waals surface area contributed by atoms with Crippen LogP contribution in [-0.4, -0.2) is 27.2 Å². The van der Waals surface area contributed by atoms with E-state index in [1.54, 1.807) is 56.3 Å². The molecule has 7 nitrogen and oxygen atoms in total. The van der Waals surface area contributed by atoms with Crippen molar-refractivity contribution in [2.75, 3.05) is 0 Å². The molecule has 1 aliphatic rings. The minimum atomic E-state index is -4.08. The van der Waals surface area contributed by atoms with E-state index in [0.717, 1.165) is 10.0 Å². The Morgan fingerprint density at radius 3 is 2.58 bits per heavy atom. The molecule has 10 heteroatoms. The second-order valence-electron chi connectivity index (χ2n) is 9.31. The third-order valence-electron chi connectivity index (χ3n) is 6.97. The van der Waals surface area contributed by atoms with Crippen molar-refractivity contribution in [2.24, 2.45) is 0 Å². The number of pyridine rings is 1. The lowest BCUT2D eigenvalue weighted by Crippen LogP contribution is -2.41. The first-order valence-corrected chi connectivity index (χ1v) is 13.2. The lowest BCUT2D eigenvalue weighted by atomic mass is 9.87. The van der Waals surface area contributed by atoms with Crippen LogP contribution in [-0.2, 0) is 16.6 Å². The molecule has 0 radical (unpaired) electrons. The summed E-state index contributed by atoms with van der Waals surface area (Å²) in [6.45, 7) is 3.03. The van der Waals surface area contributed by atoms with E-state index in [9.17, 15) is 27.1 Å². The Morgan fingerprint density at radius 1 is 1.11 bits per heavy atom. The minimum absolute atomic E-state index is 0.0453. The summed E-state index contributed by atoms with van der Waals surface area (Å²) in [6, 6.07) is 11.0. The maximum absolute atomic E-state index is 14.3. The number of hydrogen-bond donors (Lipinski definition) is 2. The molecule has 0 aliphatic heterocycles. The Labute approximate surface area is 217 Å². The molecule has 0 saturated heterocycles. The van der Waals surface area contributed by atoms with E-state index in [1.165, 1.54) is 18.5 Å². The lowest BCUT2D eigenvalue weighted by Gasteiger charge is -2.33. The Kier molecular flexibility index (Phi) is 6.32. The second kappa shape index (κ2) is 9.38. The molecule has 0 saturated carbocycles. The first-order valence-electron chi connectivity index (χ1n) is 11.7. The standard InChI is InChI=1S/C28H24F2N2O5S/c1-17-13-20(22-14-18(16-33)3-5-24(22)37-25-6-4-21(29)15-23(25)30)7-10-28(17,2)38(35,36)32-12-9-19-8-11-31-27(34)26(19)32/h3-9,11-15,33H,10,16H2,1-2H3,(H,31,34). The first-order chi connectivity index (χ1) is 18.0. The fraction of sp³-hybridized carbons (Fsp3) is 0.179. The zero-order valence-electron chi connectivity index (χ0n) is 20.5. The number of ether oxygens (including phenoxy) is 1. The van der Waals surface area contributed by atoms with Crippen LogP contribution in [0.4, 0.5) is 8.78 Å². The predicted molar refractivity (Wildman–Crippen MR) is 140 cm³/mol. The van der Waals surface area contributed by atoms with Gasteiger partial charge in [0, 0.05) is 29.4 Å². The van der Waals surface area contributed by atoms with Gasteiger partial charge in [0.1, 0.15) is 21.8 Å². The highest BCUT2D eigenvalue weighted by molar-refractivity contribution is 7.91. The van der Waals surface area contributed by atoms with Crippen LogP contribution in [0.3, 0.4) is 0 Å². The van der Waals surface area contributed by atoms with E-state index >= 15 is 0 Å². The van der Waals surface area contributed by atoms with Gasteiger partial charge in [0.2, 0.25) is 10.0 Å². The van der Waals surface area contributed by atoms with Gasteiger partial charge in [-0.15, -0.1) is 0 Å². The van der Waals surface area contributed by atoms with Gasteiger partial charge in [0.05, 0.1) is 6.61 Å². The summed E-state index contributed by atoms with van der Waals surface area (Å²) in [7, 11) is -4.08. The smallest absolute Gasteiger partial charge is 0.273 e. The molecule has 0 fully saturated rings. The van der Waals surface area contributed by atoms with Crippen molar-refractivity contribution in [3.63, 3.8) is 0 Å². The van der Waals surface area contributed by atoms with Crippen LogP contribution in [0.25, 0.3) is 16.5 Å². The van der Waals surface area contributed by atoms with Crippen molar-refractivity contribution in [1.29, 1.82) is 0 Å². The zero-order chi connectivity index (χ0) is 27.2. The average Bonchev–Trinajstić information content (AvgIpc) is 3.34. The SMILES string of the molecule is CC1=CC(c2cc(CO)ccc2Oc2ccc(F)cc2F)=CCC1(C)S(=O)(=O)n1ccc2cc[nH]c(=O)c21. The van der Waals surface area contributed by atoms with E-state index in [0.29, 0.717) is 33.7 Å². The highest BCUT2D eigenvalue weighted by Gasteiger charge is 2.43. The molecule has 5 rings (SSSR count). The number of nitrogens with one attached hydrogen (secondary N) is 1. The molecule has 2 heterocycles. The largest absolute Gasteiger partial charge is 0.454 e. The highest BCUT2D eigenvalue weighted by atomic mass is 32.2. The molecule has 1 aliphatic carbocycles. The van der Waals surface area contributed by atoms with Crippen molar-refractivity contribution >= 4 is 26.5 Å². The number of aliphatic hydroxyl groups excluding tert-OH is 1. The average molecular weight is 539 g/mol. The van der Waals surface area contributed by atoms with Gasteiger partial charge in [0.15, 0.2) is 11.6 Å². The summed E-state index contributed by atoms with van der Waals surface area (Å²) in [4.78, 5) is 15.0. The topological polar surface area (TPSA) is 101 Å². The van der Waals surface area contributed by atoms with Crippen molar-refractivity contribution in [1.82, 2.24) is 8.96 Å². The normalized spacial score (nSPS) is 17.8. The molecule has 2 aromatic heterocycles. The summed E-state index contributed by atoms with van der Waals surface area (Å²) >= 11 is 0. The fourth-order valence-corrected chi connectivity index (χ4v) is 6.40. The Hall–Kier alpha value is -4.02. The molecule has 38 heavy (non-hydrogen) atoms. The number of aliphatic hydroxyl groups is 1. The molecule has 2 N–H and O–H groups in total. The van der Waals surface area contributed by atoms with Crippen LogP contribution < -0.4 is 10.3 Å². The molecule has 2 aromatic carbocycles. The quantitative estimate of drug-likeness (QED) is 0.349. The van der Waals surface area contributed by atoms with E-state index < -0.39 is 32.0 Å². The third kappa shape index (κ3) is 4.15. The van der Waals surface area contributed by atoms with E-state index in [4.69, 9.17) is 4.74 Å². The predicted octanol–water partition coefficient (Wildman–Crippen LogP) is 5.26. The van der Waals surface area contributed by atoms with Crippen LogP contribution in [0.1, 0.15) is 31.4 Å². The van der Waals surface area contributed by atoms with Gasteiger partial charge in [-0.25, -0.2) is 21.2 Å². The van der Waals surface area contributed by atoms with E-state index in [2.05, 4.69) is 4.98 Å². The highest BCUT2D eigenvalue weighted by Crippen LogP contribution is 2.42. The molecular weight excluding hydrogens is 514 g/mol. The van der Waals surface area contributed by atoms with Gasteiger partial charge in [-0.05, 0) is 73.4 Å². The zero-order valence-corrected chi connectivity index (χ0v) is 21.4. The van der Waals surface area contributed by atoms with Gasteiger partial charge < -0.3 is 14.8 Å². The van der Waals surface area contributed by atoms with Gasteiger partial charge in [0.25, 0.3) is 5.56 Å². The Bertz CT molecular complexity index is 1800. The minimum Gasteiger partial charge on any atom is -0.454 e. The van der Waals surface area contributed by atoms with Crippen LogP contribution in [0.2, 0.25) is 0 Å². The number of benzene rings is 2. The fourth-order valence-electron chi connectivity index (χ4n) is 4.56. The summed E-state index contributed by atoms with van der Waals surface area (Å²) in [5.74, 6) is -1.55. The number of aromatic amines is 1. The Balaban J connectivity index is 1.55. The molecule has 0 bridgehead atoms.